The minimum atomic E-state index is -4.41. The van der Waals surface area contributed by atoms with Gasteiger partial charge in [-0.2, -0.15) is 18.2 Å². The number of aryl methyl sites for hydroxylation is 1. The summed E-state index contributed by atoms with van der Waals surface area (Å²) in [7, 11) is 0. The maximum atomic E-state index is 13.1. The van der Waals surface area contributed by atoms with Gasteiger partial charge >= 0.3 is 6.18 Å². The van der Waals surface area contributed by atoms with Crippen LogP contribution in [0.5, 0.6) is 0 Å². The average molecular weight is 574 g/mol. The summed E-state index contributed by atoms with van der Waals surface area (Å²) < 4.78 is 39.9. The van der Waals surface area contributed by atoms with Crippen LogP contribution in [-0.2, 0) is 12.7 Å². The van der Waals surface area contributed by atoms with Crippen LogP contribution in [0.3, 0.4) is 0 Å². The molecule has 1 aliphatic heterocycles. The monoisotopic (exact) mass is 573 g/mol. The lowest BCUT2D eigenvalue weighted by atomic mass is 9.82. The summed E-state index contributed by atoms with van der Waals surface area (Å²) in [5, 5.41) is 3.49. The third-order valence-electron chi connectivity index (χ3n) is 8.14. The molecule has 6 rings (SSSR count). The largest absolute Gasteiger partial charge is 0.416 e. The lowest BCUT2D eigenvalue weighted by molar-refractivity contribution is -0.137. The van der Waals surface area contributed by atoms with Gasteiger partial charge < -0.3 is 10.2 Å². The predicted molar refractivity (Wildman–Crippen MR) is 155 cm³/mol. The average Bonchev–Trinajstić information content (AvgIpc) is 2.99. The first-order valence-electron chi connectivity index (χ1n) is 14.1. The minimum Gasteiger partial charge on any atom is -0.348 e. The van der Waals surface area contributed by atoms with Crippen LogP contribution >= 0.6 is 0 Å². The number of benzene rings is 2. The normalized spacial score (nSPS) is 17.1. The number of allylic oxidation sites excluding steroid dienone is 1. The number of hydrogen-bond donors (Lipinski definition) is 1. The highest BCUT2D eigenvalue weighted by Crippen LogP contribution is 2.34. The Bertz CT molecular complexity index is 1730. The number of carbonyl (C=O) groups excluding carboxylic acids is 1. The van der Waals surface area contributed by atoms with E-state index in [1.165, 1.54) is 41.2 Å². The molecular weight excluding hydrogens is 543 g/mol. The summed E-state index contributed by atoms with van der Waals surface area (Å²) in [4.78, 5) is 37.7. The number of nitrogens with zero attached hydrogens (tertiary/aromatic N) is 4. The molecule has 4 aromatic rings. The Balaban J connectivity index is 1.23. The second-order valence-corrected chi connectivity index (χ2v) is 10.9. The van der Waals surface area contributed by atoms with E-state index in [4.69, 9.17) is 9.97 Å². The van der Waals surface area contributed by atoms with E-state index in [0.29, 0.717) is 34.3 Å². The Labute approximate surface area is 240 Å². The molecule has 3 heterocycles. The fraction of sp³-hybridized carbons (Fsp3) is 0.312. The predicted octanol–water partition coefficient (Wildman–Crippen LogP) is 5.97. The summed E-state index contributed by atoms with van der Waals surface area (Å²) in [6.45, 7) is 3.65. The zero-order valence-corrected chi connectivity index (χ0v) is 23.1. The van der Waals surface area contributed by atoms with E-state index in [0.717, 1.165) is 49.1 Å². The fourth-order valence-corrected chi connectivity index (χ4v) is 5.81. The molecule has 1 saturated heterocycles. The molecule has 1 atom stereocenters. The van der Waals surface area contributed by atoms with Gasteiger partial charge in [-0.1, -0.05) is 23.8 Å². The molecular formula is C32H30F3N5O2. The van der Waals surface area contributed by atoms with Crippen molar-refractivity contribution in [3.63, 3.8) is 0 Å². The van der Waals surface area contributed by atoms with Gasteiger partial charge in [-0.05, 0) is 86.6 Å². The molecule has 1 aliphatic carbocycles. The second kappa shape index (κ2) is 11.1. The molecule has 0 saturated carbocycles. The molecule has 1 amide bonds. The number of fused-ring (bicyclic) bond motifs is 2. The Morgan fingerprint density at radius 3 is 2.50 bits per heavy atom. The highest BCUT2D eigenvalue weighted by molar-refractivity contribution is 5.94. The number of piperidine rings is 1. The quantitative estimate of drug-likeness (QED) is 0.298. The Kier molecular flexibility index (Phi) is 7.30. The Morgan fingerprint density at radius 1 is 1.00 bits per heavy atom. The molecule has 2 aromatic heterocycles. The topological polar surface area (TPSA) is 80.1 Å². The first-order chi connectivity index (χ1) is 20.2. The number of carbonyl (C=O) groups is 1. The number of hydrogen-bond acceptors (Lipinski definition) is 5. The van der Waals surface area contributed by atoms with Gasteiger partial charge in [0.25, 0.3) is 11.5 Å². The van der Waals surface area contributed by atoms with Crippen molar-refractivity contribution in [2.24, 2.45) is 5.92 Å². The molecule has 1 unspecified atom stereocenters. The molecule has 0 radical (unpaired) electrons. The number of anilines is 1. The van der Waals surface area contributed by atoms with Crippen LogP contribution in [-0.4, -0.2) is 33.5 Å². The molecule has 1 fully saturated rings. The van der Waals surface area contributed by atoms with Crippen molar-refractivity contribution in [2.45, 2.75) is 45.3 Å². The van der Waals surface area contributed by atoms with Crippen molar-refractivity contribution in [1.29, 1.82) is 0 Å². The van der Waals surface area contributed by atoms with Crippen LogP contribution < -0.4 is 15.8 Å². The number of rotatable bonds is 5. The summed E-state index contributed by atoms with van der Waals surface area (Å²) >= 11 is 0. The van der Waals surface area contributed by atoms with Crippen molar-refractivity contribution < 1.29 is 18.0 Å². The van der Waals surface area contributed by atoms with E-state index < -0.39 is 11.7 Å². The summed E-state index contributed by atoms with van der Waals surface area (Å²) in [6.07, 6.45) is 2.60. The van der Waals surface area contributed by atoms with Gasteiger partial charge in [-0.25, -0.2) is 4.98 Å². The summed E-state index contributed by atoms with van der Waals surface area (Å²) in [5.74, 6) is 0.858. The molecule has 10 heteroatoms. The van der Waals surface area contributed by atoms with E-state index in [2.05, 4.69) is 16.3 Å². The van der Waals surface area contributed by atoms with Crippen LogP contribution in [0.25, 0.3) is 16.7 Å². The minimum absolute atomic E-state index is 0.0780. The zero-order valence-electron chi connectivity index (χ0n) is 23.1. The first kappa shape index (κ1) is 27.7. The van der Waals surface area contributed by atoms with Gasteiger partial charge in [0.2, 0.25) is 5.95 Å². The van der Waals surface area contributed by atoms with Crippen molar-refractivity contribution in [3.05, 3.63) is 105 Å². The standard InChI is InChI=1S/C32H30F3N5O2/c1-20-27-14-15-28(41)40(29(27)38-31(37-20)39-17-16-22-4-2-3-5-24(22)19-39)26-12-8-23(9-13-26)30(42)36-18-21-6-10-25(11-7-21)32(33,34)35/h5-15,22H,2-4,16-19H2,1H3,(H,36,42). The van der Waals surface area contributed by atoms with Crippen molar-refractivity contribution in [1.82, 2.24) is 19.9 Å². The number of aromatic nitrogens is 3. The molecule has 7 nitrogen and oxygen atoms in total. The molecule has 2 aromatic carbocycles. The highest BCUT2D eigenvalue weighted by Gasteiger charge is 2.30. The van der Waals surface area contributed by atoms with Gasteiger partial charge in [0.15, 0.2) is 5.65 Å². The Morgan fingerprint density at radius 2 is 1.76 bits per heavy atom. The van der Waals surface area contributed by atoms with Gasteiger partial charge in [-0.15, -0.1) is 0 Å². The molecule has 2 aliphatic rings. The van der Waals surface area contributed by atoms with E-state index in [1.807, 2.05) is 6.92 Å². The van der Waals surface area contributed by atoms with Crippen molar-refractivity contribution in [3.8, 4) is 5.69 Å². The molecule has 216 valence electrons. The summed E-state index contributed by atoms with van der Waals surface area (Å²) in [6, 6.07) is 14.5. The molecule has 42 heavy (non-hydrogen) atoms. The zero-order chi connectivity index (χ0) is 29.4. The molecule has 0 spiro atoms. The number of amides is 1. The van der Waals surface area contributed by atoms with Gasteiger partial charge in [-0.3, -0.25) is 14.2 Å². The SMILES string of the molecule is Cc1nc(N2CCC3CCCC=C3C2)nc2c1ccc(=O)n2-c1ccc(C(=O)NCc2ccc(C(F)(F)F)cc2)cc1. The second-order valence-electron chi connectivity index (χ2n) is 10.9. The van der Waals surface area contributed by atoms with Gasteiger partial charge in [0.1, 0.15) is 0 Å². The van der Waals surface area contributed by atoms with Crippen LogP contribution in [0.2, 0.25) is 0 Å². The van der Waals surface area contributed by atoms with Gasteiger partial charge in [0.05, 0.1) is 16.9 Å². The molecule has 0 bridgehead atoms. The van der Waals surface area contributed by atoms with Gasteiger partial charge in [0, 0.05) is 36.7 Å². The van der Waals surface area contributed by atoms with Crippen molar-refractivity contribution in [2.75, 3.05) is 18.0 Å². The van der Waals surface area contributed by atoms with Crippen LogP contribution in [0.1, 0.15) is 52.9 Å². The number of alkyl halides is 3. The number of nitrogens with one attached hydrogen (secondary N) is 1. The smallest absolute Gasteiger partial charge is 0.348 e. The number of halogens is 3. The first-order valence-corrected chi connectivity index (χ1v) is 14.1. The van der Waals surface area contributed by atoms with E-state index >= 15 is 0 Å². The van der Waals surface area contributed by atoms with Crippen molar-refractivity contribution >= 4 is 22.9 Å². The third-order valence-corrected chi connectivity index (χ3v) is 8.14. The fourth-order valence-electron chi connectivity index (χ4n) is 5.81. The highest BCUT2D eigenvalue weighted by atomic mass is 19.4. The lowest BCUT2D eigenvalue weighted by Crippen LogP contribution is -2.37. The molecule has 1 N–H and O–H groups in total. The van der Waals surface area contributed by atoms with Crippen LogP contribution in [0, 0.1) is 12.8 Å². The number of pyridine rings is 1. The third kappa shape index (κ3) is 5.53. The Hall–Kier alpha value is -4.47. The van der Waals surface area contributed by atoms with Crippen LogP contribution in [0.15, 0.2) is 77.1 Å². The van der Waals surface area contributed by atoms with Crippen LogP contribution in [0.4, 0.5) is 19.1 Å². The maximum Gasteiger partial charge on any atom is 0.416 e. The van der Waals surface area contributed by atoms with E-state index in [1.54, 1.807) is 30.3 Å². The van der Waals surface area contributed by atoms with E-state index in [-0.39, 0.29) is 18.0 Å². The maximum absolute atomic E-state index is 13.1. The lowest BCUT2D eigenvalue weighted by Gasteiger charge is -2.36. The summed E-state index contributed by atoms with van der Waals surface area (Å²) in [5.41, 5.74) is 3.20. The van der Waals surface area contributed by atoms with E-state index in [9.17, 15) is 22.8 Å².